The number of nitriles is 1. The Morgan fingerprint density at radius 2 is 0.671 bits per heavy atom. The number of methoxy groups -OCH3 is 4. The Labute approximate surface area is 904 Å². The summed E-state index contributed by atoms with van der Waals surface area (Å²) in [6, 6.07) is 58.0. The van der Waals surface area contributed by atoms with Crippen LogP contribution in [0, 0.1) is 17.9 Å². The van der Waals surface area contributed by atoms with Crippen molar-refractivity contribution >= 4 is 120 Å². The van der Waals surface area contributed by atoms with Crippen molar-refractivity contribution in [1.29, 1.82) is 5.26 Å². The van der Waals surface area contributed by atoms with Crippen molar-refractivity contribution in [2.24, 2.45) is 0 Å². The molecule has 44 heteroatoms. The average molecular weight is 2010 g/mol. The summed E-state index contributed by atoms with van der Waals surface area (Å²) >= 11 is 8.97. The van der Waals surface area contributed by atoms with Crippen LogP contribution in [0.2, 0.25) is 0 Å². The predicted octanol–water partition coefficient (Wildman–Crippen LogP) is 2.93. The van der Waals surface area contributed by atoms with Gasteiger partial charge in [-0.05, 0) is 155 Å². The van der Waals surface area contributed by atoms with Gasteiger partial charge in [-0.15, -0.1) is 0 Å². The summed E-state index contributed by atoms with van der Waals surface area (Å²) in [5.41, 5.74) is 8.61. The molecule has 700 valence electrons. The molecule has 0 spiro atoms. The van der Waals surface area contributed by atoms with E-state index in [1.54, 1.807) is 96.3 Å². The number of anilines is 4. The molecule has 10 aromatic carbocycles. The van der Waals surface area contributed by atoms with Gasteiger partial charge in [0.05, 0.1) is 142 Å². The van der Waals surface area contributed by atoms with E-state index in [0.717, 1.165) is 27.8 Å². The number of amides is 4. The van der Waals surface area contributed by atoms with Crippen molar-refractivity contribution in [3.63, 3.8) is 0 Å². The molecule has 10 aromatic rings. The fourth-order valence-corrected chi connectivity index (χ4v) is 19.0. The summed E-state index contributed by atoms with van der Waals surface area (Å²) < 4.78 is 144. The van der Waals surface area contributed by atoms with Crippen LogP contribution in [0.3, 0.4) is 0 Å². The fraction of sp³-hybridized carbons (Fsp3) is 0.229. The van der Waals surface area contributed by atoms with E-state index in [4.69, 9.17) is 68.8 Å². The van der Waals surface area contributed by atoms with Gasteiger partial charge in [-0.25, -0.2) is 21.7 Å². The third-order valence-corrected chi connectivity index (χ3v) is 25.9. The molecule has 4 N–H and O–H groups in total. The van der Waals surface area contributed by atoms with Gasteiger partial charge >= 0.3 is 118 Å². The van der Waals surface area contributed by atoms with Gasteiger partial charge in [0.25, 0.3) is 23.6 Å². The average Bonchev–Trinajstić information content (AvgIpc) is 1.60. The number of hydrogen-bond acceptors (Lipinski definition) is 33. The molecule has 0 fully saturated rings. The number of ether oxygens (including phenoxy) is 10. The zero-order chi connectivity index (χ0) is 95.1. The standard InChI is InChI=1S/C53H48N4O14S2.C43H38N6O12S2.4Na/c1-63-46-26-40-42(54-50(69-70-71-72)44-24-34(30-56(44)52(40)58)32-14-18-38(19-15-32)67-36-10-5-3-6-11-36)28-48(46)65-22-9-23-66-49-29-43-41(27-47(49)64-2)53(59)57-31-35(25-45(57)51(55-43)73(60,61)62)33-16-20-39(21-17-33)68-37-12-7-4-8-13-37;1-45-29-11-9-26(10-12-29)27-15-34-40(59-60-61-62)46-32-19-38(36(55-2)17-30(32)42(50)48(34)22-27)57-13-4-14-58-39-20-33-31(18-37(39)56-3)43(51)49-23-28(25-7-5-24(21-44)6-8-25)16-35(49)41(47-33)63(52,53)54;;;;/h3-8,10-21,26-31,44-45,50-51,54-55,72H,9,22-25H2,1-2H3,(H,60,61,62);5-12,17-20,22-23,34-35,40-41,46-47,62H,4,13-16H2,2-3H3,(H,52,53,54);;;;/q;;4*+1/p-4/t44-,45-,50?,51?;34-,35-,40?,41?;;;;/m00..../s1. The van der Waals surface area contributed by atoms with E-state index in [9.17, 15) is 50.4 Å². The molecule has 4 amide bonds. The van der Waals surface area contributed by atoms with Gasteiger partial charge < -0.3 is 132 Å². The topological polar surface area (TPSA) is 420 Å². The number of carbonyl (C=O) groups is 4. The van der Waals surface area contributed by atoms with Crippen molar-refractivity contribution in [2.75, 3.05) is 76.1 Å². The molecule has 18 rings (SSSR count). The second kappa shape index (κ2) is 47.6. The maximum Gasteiger partial charge on any atom is 1.00 e. The quantitative estimate of drug-likeness (QED) is 0.00895. The van der Waals surface area contributed by atoms with Crippen molar-refractivity contribution in [1.82, 2.24) is 19.6 Å². The SMILES string of the molecule is COc1cc2c(cc1OCCCOc1cc3c(cc1OC)C(=O)N1C=C(c4ccc(Oc5ccccc5)cc4)C[C@H]1C(S(=O)(=O)[O-])N3)NC(OOO[S-])[C@@H]1CC(c3ccc(Oc4ccccc4)cc3)=CN1C2=O.[C-]#[N+]c1ccc(C2=CN3C(=O)c4cc(OC)c(OCCCOc5cc6c(cc5OC)C(=O)N5C=C(c7ccc(C#N)cc7)C[C@H]5C(S(=O)(=O)[O-])N6)cc4NC(OOO[S-])[C@@H]3C2)cc1.[Na+].[Na+].[Na+].[Na+]. The van der Waals surface area contributed by atoms with Crippen LogP contribution < -0.4 is 187 Å². The van der Waals surface area contributed by atoms with Crippen LogP contribution in [0.5, 0.6) is 69.0 Å². The third kappa shape index (κ3) is 23.7. The van der Waals surface area contributed by atoms with Crippen LogP contribution in [0.25, 0.3) is 27.1 Å². The molecular weight excluding hydrogens is 1930 g/mol. The summed E-state index contributed by atoms with van der Waals surface area (Å²) in [7, 11) is -4.30. The molecule has 8 aliphatic rings. The minimum absolute atomic E-state index is 0. The number of benzene rings is 10. The number of carbonyl (C=O) groups excluding carboxylic acids is 4. The van der Waals surface area contributed by atoms with Gasteiger partial charge in [-0.1, -0.05) is 107 Å². The van der Waals surface area contributed by atoms with E-state index in [-0.39, 0.29) is 237 Å². The van der Waals surface area contributed by atoms with Crippen molar-refractivity contribution in [2.45, 2.75) is 85.9 Å². The van der Waals surface area contributed by atoms with Crippen LogP contribution >= 0.6 is 0 Å². The van der Waals surface area contributed by atoms with Crippen LogP contribution in [-0.4, -0.2) is 171 Å². The molecule has 140 heavy (non-hydrogen) atoms. The maximum absolute atomic E-state index is 14.3. The monoisotopic (exact) mass is 2010 g/mol. The first-order valence-electron chi connectivity index (χ1n) is 42.3. The molecule has 0 bridgehead atoms. The first kappa shape index (κ1) is 107. The number of rotatable bonds is 32. The summed E-state index contributed by atoms with van der Waals surface area (Å²) in [5, 5.41) is 27.3. The van der Waals surface area contributed by atoms with E-state index in [2.05, 4.69) is 65.6 Å². The molecule has 4 unspecified atom stereocenters. The Bertz CT molecular complexity index is 6720. The minimum Gasteiger partial charge on any atom is -0.746 e. The molecule has 8 aliphatic heterocycles. The number of fused-ring (bicyclic) bond motifs is 8. The molecular formula is C96H82N10Na4O26S4. The molecule has 0 radical (unpaired) electrons. The molecule has 0 aliphatic carbocycles. The largest absolute Gasteiger partial charge is 1.00 e. The number of nitrogens with one attached hydrogen (secondary N) is 4. The summed E-state index contributed by atoms with van der Waals surface area (Å²) in [6.07, 6.45) is 6.26. The van der Waals surface area contributed by atoms with Crippen LogP contribution in [0.4, 0.5) is 28.4 Å². The molecule has 0 saturated carbocycles. The van der Waals surface area contributed by atoms with Crippen molar-refractivity contribution < 1.29 is 239 Å². The van der Waals surface area contributed by atoms with E-state index in [1.807, 2.05) is 115 Å². The van der Waals surface area contributed by atoms with Crippen molar-refractivity contribution in [3.05, 3.63) is 293 Å². The van der Waals surface area contributed by atoms with Gasteiger partial charge in [-0.2, -0.15) is 15.0 Å². The first-order chi connectivity index (χ1) is 65.9. The van der Waals surface area contributed by atoms with Crippen LogP contribution in [-0.2, 0) is 74.6 Å². The van der Waals surface area contributed by atoms with E-state index in [1.165, 1.54) is 73.6 Å². The number of nitrogens with zero attached hydrogens (tertiary/aromatic N) is 6. The molecule has 8 atom stereocenters. The Morgan fingerprint density at radius 3 is 0.957 bits per heavy atom. The zero-order valence-corrected chi connectivity index (χ0v) is 87.8. The van der Waals surface area contributed by atoms with Gasteiger partial charge in [0.1, 0.15) is 54.0 Å². The van der Waals surface area contributed by atoms with E-state index < -0.39 is 79.4 Å². The van der Waals surface area contributed by atoms with Crippen LogP contribution in [0.15, 0.2) is 231 Å². The molecule has 36 nitrogen and oxygen atoms in total. The normalized spacial score (nSPS) is 18.8. The van der Waals surface area contributed by atoms with Crippen molar-refractivity contribution in [3.8, 4) is 75.1 Å². The molecule has 0 aromatic heterocycles. The maximum atomic E-state index is 14.3. The second-order valence-electron chi connectivity index (χ2n) is 31.8. The minimum atomic E-state index is -5.01. The van der Waals surface area contributed by atoms with Crippen LogP contribution in [0.1, 0.15) is 108 Å². The Balaban J connectivity index is 0.000000232. The third-order valence-electron chi connectivity index (χ3n) is 23.7. The first-order valence-corrected chi connectivity index (χ1v) is 45.9. The Kier molecular flexibility index (Phi) is 36.3. The van der Waals surface area contributed by atoms with Gasteiger partial charge in [-0.3, -0.25) is 19.2 Å². The Morgan fingerprint density at radius 1 is 0.393 bits per heavy atom. The van der Waals surface area contributed by atoms with E-state index >= 15 is 0 Å². The number of para-hydroxylation sites is 2. The zero-order valence-electron chi connectivity index (χ0n) is 76.6. The Hall–Kier alpha value is -10.5. The van der Waals surface area contributed by atoms with Gasteiger partial charge in [0.2, 0.25) is 0 Å². The molecule has 0 saturated heterocycles. The summed E-state index contributed by atoms with van der Waals surface area (Å²) in [4.78, 5) is 76.6. The van der Waals surface area contributed by atoms with Gasteiger partial charge in [0, 0.05) is 61.9 Å². The fourth-order valence-electron chi connectivity index (χ4n) is 17.1. The smallest absolute Gasteiger partial charge is 0.746 e. The predicted molar refractivity (Wildman–Crippen MR) is 493 cm³/mol. The number of hydrogen-bond donors (Lipinski definition) is 4. The summed E-state index contributed by atoms with van der Waals surface area (Å²) in [5.74, 6) is 2.76. The van der Waals surface area contributed by atoms with Gasteiger partial charge in [0.15, 0.2) is 64.1 Å². The molecule has 8 heterocycles. The second-order valence-corrected chi connectivity index (χ2v) is 35.0. The van der Waals surface area contributed by atoms with E-state index in [0.29, 0.717) is 99.5 Å². The summed E-state index contributed by atoms with van der Waals surface area (Å²) in [6.45, 7) is 7.61.